The van der Waals surface area contributed by atoms with Crippen molar-refractivity contribution >= 4 is 50.4 Å². The molecule has 0 atom stereocenters. The largest absolute Gasteiger partial charge is 0.180 e. The quantitative estimate of drug-likeness (QED) is 0.236. The van der Waals surface area contributed by atoms with Crippen LogP contribution >= 0.6 is 0 Å². The van der Waals surface area contributed by atoms with Crippen LogP contribution in [-0.2, 0) is 0 Å². The van der Waals surface area contributed by atoms with E-state index in [2.05, 4.69) is 134 Å². The van der Waals surface area contributed by atoms with Gasteiger partial charge >= 0.3 is 0 Å². The zero-order valence-corrected chi connectivity index (χ0v) is 20.1. The molecule has 1 heterocycles. The molecule has 0 saturated heterocycles. The third kappa shape index (κ3) is 2.59. The molecule has 1 aliphatic heterocycles. The van der Waals surface area contributed by atoms with Gasteiger partial charge in [-0.05, 0) is 66.4 Å². The second-order valence-electron chi connectivity index (χ2n) is 9.44. The van der Waals surface area contributed by atoms with Crippen LogP contribution in [0.2, 0.25) is 0 Å². The monoisotopic (exact) mass is 448 g/mol. The van der Waals surface area contributed by atoms with E-state index >= 15 is 0 Å². The predicted octanol–water partition coefficient (Wildman–Crippen LogP) is 5.66. The summed E-state index contributed by atoms with van der Waals surface area (Å²) in [7, 11) is -2.42. The van der Waals surface area contributed by atoms with Crippen molar-refractivity contribution in [1.29, 1.82) is 0 Å². The van der Waals surface area contributed by atoms with E-state index in [4.69, 9.17) is 0 Å². The Kier molecular flexibility index (Phi) is 4.18. The van der Waals surface area contributed by atoms with Gasteiger partial charge in [0.25, 0.3) is 0 Å². The van der Waals surface area contributed by atoms with Crippen molar-refractivity contribution in [3.63, 3.8) is 0 Å². The summed E-state index contributed by atoms with van der Waals surface area (Å²) in [6, 6.07) is 47.9. The molecule has 7 rings (SSSR count). The Hall–Kier alpha value is -3.94. The molecule has 0 nitrogen and oxygen atoms in total. The van der Waals surface area contributed by atoms with Gasteiger partial charge in [0, 0.05) is 0 Å². The Morgan fingerprint density at radius 3 is 1.76 bits per heavy atom. The molecule has 0 aromatic heterocycles. The van der Waals surface area contributed by atoms with Crippen molar-refractivity contribution in [2.45, 2.75) is 6.92 Å². The molecule has 0 radical (unpaired) electrons. The fourth-order valence-corrected chi connectivity index (χ4v) is 11.3. The number of aryl methyl sites for hydroxylation is 1. The summed E-state index contributed by atoms with van der Waals surface area (Å²) in [4.78, 5) is 0. The van der Waals surface area contributed by atoms with E-state index in [1.54, 1.807) is 0 Å². The lowest BCUT2D eigenvalue weighted by atomic mass is 9.96. The first-order chi connectivity index (χ1) is 16.8. The van der Waals surface area contributed by atoms with Crippen LogP contribution in [0.15, 0.2) is 127 Å². The summed E-state index contributed by atoms with van der Waals surface area (Å²) in [6.45, 7) is 2.18. The van der Waals surface area contributed by atoms with Crippen molar-refractivity contribution in [1.82, 2.24) is 0 Å². The third-order valence-electron chi connectivity index (χ3n) is 7.57. The van der Waals surface area contributed by atoms with Gasteiger partial charge in [0.1, 0.15) is 0 Å². The lowest BCUT2D eigenvalue weighted by Gasteiger charge is -2.31. The standard InChI is InChI=1S/C33H24Si/c1-23-16-17-24-18-19-25-21-33-31(22-30(25)29(24)20-23)28-14-8-9-15-32(28)34(33,26-10-4-2-5-11-26)27-12-6-3-7-13-27/h2-22H,1H3. The highest BCUT2D eigenvalue weighted by Gasteiger charge is 2.48. The van der Waals surface area contributed by atoms with Gasteiger partial charge in [-0.25, -0.2) is 0 Å². The van der Waals surface area contributed by atoms with Crippen LogP contribution in [0.25, 0.3) is 32.7 Å². The number of rotatable bonds is 2. The van der Waals surface area contributed by atoms with Crippen LogP contribution in [0.3, 0.4) is 0 Å². The second kappa shape index (κ2) is 7.28. The van der Waals surface area contributed by atoms with Crippen LogP contribution in [0, 0.1) is 6.92 Å². The smallest absolute Gasteiger partial charge is 0.0623 e. The number of hydrogen-bond acceptors (Lipinski definition) is 0. The van der Waals surface area contributed by atoms with E-state index in [1.165, 1.54) is 59.0 Å². The summed E-state index contributed by atoms with van der Waals surface area (Å²) in [6.07, 6.45) is 0. The summed E-state index contributed by atoms with van der Waals surface area (Å²) in [5.41, 5.74) is 4.10. The SMILES string of the molecule is Cc1ccc2ccc3cc4c(cc3c2c1)-c1ccccc1[Si]4(c1ccccc1)c1ccccc1. The molecular formula is C33H24Si. The summed E-state index contributed by atoms with van der Waals surface area (Å²) in [5, 5.41) is 11.2. The lowest BCUT2D eigenvalue weighted by molar-refractivity contribution is 1.51. The van der Waals surface area contributed by atoms with E-state index in [9.17, 15) is 0 Å². The van der Waals surface area contributed by atoms with Crippen LogP contribution in [0.1, 0.15) is 5.56 Å². The number of fused-ring (bicyclic) bond motifs is 6. The molecule has 0 fully saturated rings. The van der Waals surface area contributed by atoms with E-state index in [1.807, 2.05) is 0 Å². The summed E-state index contributed by atoms with van der Waals surface area (Å²) in [5.74, 6) is 0. The second-order valence-corrected chi connectivity index (χ2v) is 13.2. The van der Waals surface area contributed by atoms with Crippen LogP contribution in [0.5, 0.6) is 0 Å². The van der Waals surface area contributed by atoms with Crippen molar-refractivity contribution in [2.75, 3.05) is 0 Å². The highest BCUT2D eigenvalue weighted by Crippen LogP contribution is 2.34. The van der Waals surface area contributed by atoms with Gasteiger partial charge in [0.05, 0.1) is 0 Å². The Morgan fingerprint density at radius 2 is 1.03 bits per heavy atom. The molecule has 160 valence electrons. The first-order valence-electron chi connectivity index (χ1n) is 12.0. The molecule has 0 N–H and O–H groups in total. The maximum Gasteiger partial charge on any atom is 0.180 e. The van der Waals surface area contributed by atoms with Gasteiger partial charge < -0.3 is 0 Å². The Labute approximate surface area is 201 Å². The molecule has 6 aromatic carbocycles. The highest BCUT2D eigenvalue weighted by molar-refractivity contribution is 7.22. The fraction of sp³-hybridized carbons (Fsp3) is 0.0303. The average Bonchev–Trinajstić information content (AvgIpc) is 3.19. The first kappa shape index (κ1) is 19.5. The molecule has 1 aliphatic rings. The van der Waals surface area contributed by atoms with Gasteiger partial charge in [0.15, 0.2) is 8.07 Å². The van der Waals surface area contributed by atoms with Gasteiger partial charge in [-0.15, -0.1) is 0 Å². The Bertz CT molecular complexity index is 1660. The minimum atomic E-state index is -2.42. The first-order valence-corrected chi connectivity index (χ1v) is 14.0. The van der Waals surface area contributed by atoms with Crippen molar-refractivity contribution in [2.24, 2.45) is 0 Å². The van der Waals surface area contributed by atoms with Crippen LogP contribution < -0.4 is 20.7 Å². The van der Waals surface area contributed by atoms with E-state index in [0.717, 1.165) is 0 Å². The highest BCUT2D eigenvalue weighted by atomic mass is 28.3. The van der Waals surface area contributed by atoms with Crippen molar-refractivity contribution < 1.29 is 0 Å². The maximum absolute atomic E-state index is 2.51. The molecule has 0 aliphatic carbocycles. The lowest BCUT2D eigenvalue weighted by Crippen LogP contribution is -2.72. The van der Waals surface area contributed by atoms with E-state index in [-0.39, 0.29) is 0 Å². The molecule has 1 heteroatoms. The van der Waals surface area contributed by atoms with Gasteiger partial charge in [0.2, 0.25) is 0 Å². The zero-order chi connectivity index (χ0) is 22.7. The normalized spacial score (nSPS) is 13.7. The molecule has 0 bridgehead atoms. The molecular weight excluding hydrogens is 424 g/mol. The predicted molar refractivity (Wildman–Crippen MR) is 149 cm³/mol. The summed E-state index contributed by atoms with van der Waals surface area (Å²) < 4.78 is 0. The van der Waals surface area contributed by atoms with E-state index in [0.29, 0.717) is 0 Å². The van der Waals surface area contributed by atoms with Crippen LogP contribution in [-0.4, -0.2) is 8.07 Å². The van der Waals surface area contributed by atoms with Gasteiger partial charge in [-0.1, -0.05) is 127 Å². The average molecular weight is 449 g/mol. The zero-order valence-electron chi connectivity index (χ0n) is 19.1. The third-order valence-corrected chi connectivity index (χ3v) is 12.4. The number of benzene rings is 6. The van der Waals surface area contributed by atoms with Gasteiger partial charge in [-0.2, -0.15) is 0 Å². The van der Waals surface area contributed by atoms with Crippen molar-refractivity contribution in [3.05, 3.63) is 133 Å². The molecule has 0 unspecified atom stereocenters. The summed E-state index contributed by atoms with van der Waals surface area (Å²) >= 11 is 0. The molecule has 0 saturated carbocycles. The van der Waals surface area contributed by atoms with Gasteiger partial charge in [-0.3, -0.25) is 0 Å². The minimum absolute atomic E-state index is 1.30. The molecule has 0 amide bonds. The topological polar surface area (TPSA) is 0 Å². The minimum Gasteiger partial charge on any atom is -0.0623 e. The maximum atomic E-state index is 2.51. The van der Waals surface area contributed by atoms with Crippen molar-refractivity contribution in [3.8, 4) is 11.1 Å². The Balaban J connectivity index is 1.67. The molecule has 6 aromatic rings. The fourth-order valence-electron chi connectivity index (χ4n) is 6.10. The number of hydrogen-bond donors (Lipinski definition) is 0. The van der Waals surface area contributed by atoms with Crippen LogP contribution in [0.4, 0.5) is 0 Å². The van der Waals surface area contributed by atoms with E-state index < -0.39 is 8.07 Å². The molecule has 0 spiro atoms. The Morgan fingerprint density at radius 1 is 0.441 bits per heavy atom. The molecule has 34 heavy (non-hydrogen) atoms.